The molecule has 0 aliphatic rings. The Morgan fingerprint density at radius 1 is 0.514 bits per heavy atom. The third kappa shape index (κ3) is 4.09. The van der Waals surface area contributed by atoms with Crippen molar-refractivity contribution in [3.63, 3.8) is 0 Å². The number of hydrogen-bond donors (Lipinski definition) is 0. The SMILES string of the molecule is Cc1ccc(/C=C/c2cc(-c3cccc4ccccc34)c(C)cc2-c2cccc3ccccc23)s1. The van der Waals surface area contributed by atoms with Crippen molar-refractivity contribution in [2.45, 2.75) is 13.8 Å². The Bertz CT molecular complexity index is 1700. The van der Waals surface area contributed by atoms with E-state index in [4.69, 9.17) is 0 Å². The van der Waals surface area contributed by atoms with Crippen molar-refractivity contribution < 1.29 is 0 Å². The molecule has 0 saturated carbocycles. The molecule has 1 heteroatoms. The minimum atomic E-state index is 1.24. The van der Waals surface area contributed by atoms with E-state index in [-0.39, 0.29) is 0 Å². The zero-order valence-corrected chi connectivity index (χ0v) is 20.8. The molecule has 0 aliphatic carbocycles. The minimum absolute atomic E-state index is 1.24. The molecule has 0 N–H and O–H groups in total. The fourth-order valence-corrected chi connectivity index (χ4v) is 5.80. The normalized spacial score (nSPS) is 11.6. The quantitative estimate of drug-likeness (QED) is 0.242. The molecule has 5 aromatic carbocycles. The van der Waals surface area contributed by atoms with Crippen molar-refractivity contribution in [1.82, 2.24) is 0 Å². The van der Waals surface area contributed by atoms with Gasteiger partial charge in [-0.25, -0.2) is 0 Å². The summed E-state index contributed by atoms with van der Waals surface area (Å²) in [5, 5.41) is 5.12. The van der Waals surface area contributed by atoms with Crippen LogP contribution in [0.5, 0.6) is 0 Å². The van der Waals surface area contributed by atoms with Gasteiger partial charge in [-0.3, -0.25) is 0 Å². The zero-order valence-electron chi connectivity index (χ0n) is 20.0. The van der Waals surface area contributed by atoms with Gasteiger partial charge in [0.2, 0.25) is 0 Å². The van der Waals surface area contributed by atoms with Crippen LogP contribution in [0.4, 0.5) is 0 Å². The van der Waals surface area contributed by atoms with Crippen LogP contribution < -0.4 is 0 Å². The maximum Gasteiger partial charge on any atom is 0.0273 e. The summed E-state index contributed by atoms with van der Waals surface area (Å²) in [5.41, 5.74) is 7.64. The molecule has 0 bridgehead atoms. The van der Waals surface area contributed by atoms with Gasteiger partial charge in [0.25, 0.3) is 0 Å². The number of thiophene rings is 1. The molecule has 35 heavy (non-hydrogen) atoms. The summed E-state index contributed by atoms with van der Waals surface area (Å²) in [6.07, 6.45) is 4.54. The molecule has 168 valence electrons. The molecular weight excluding hydrogens is 440 g/mol. The van der Waals surface area contributed by atoms with E-state index in [1.54, 1.807) is 0 Å². The van der Waals surface area contributed by atoms with Crippen LogP contribution in [0.1, 0.15) is 20.9 Å². The van der Waals surface area contributed by atoms with E-state index in [0.29, 0.717) is 0 Å². The highest BCUT2D eigenvalue weighted by atomic mass is 32.1. The van der Waals surface area contributed by atoms with Gasteiger partial charge in [0.05, 0.1) is 0 Å². The first-order chi connectivity index (χ1) is 17.2. The fourth-order valence-electron chi connectivity index (χ4n) is 5.02. The Hall–Kier alpha value is -3.94. The van der Waals surface area contributed by atoms with Crippen LogP contribution in [0.15, 0.2) is 109 Å². The minimum Gasteiger partial charge on any atom is -0.141 e. The van der Waals surface area contributed by atoms with Crippen molar-refractivity contribution in [3.05, 3.63) is 130 Å². The van der Waals surface area contributed by atoms with E-state index < -0.39 is 0 Å². The van der Waals surface area contributed by atoms with Gasteiger partial charge in [-0.05, 0) is 93.0 Å². The Morgan fingerprint density at radius 3 is 1.74 bits per heavy atom. The van der Waals surface area contributed by atoms with Crippen LogP contribution in [0, 0.1) is 13.8 Å². The second-order valence-corrected chi connectivity index (χ2v) is 10.4. The molecule has 0 radical (unpaired) electrons. The lowest BCUT2D eigenvalue weighted by molar-refractivity contribution is 1.45. The Morgan fingerprint density at radius 2 is 1.11 bits per heavy atom. The van der Waals surface area contributed by atoms with Gasteiger partial charge in [0.15, 0.2) is 0 Å². The Balaban J connectivity index is 1.60. The molecule has 0 amide bonds. The third-order valence-electron chi connectivity index (χ3n) is 6.74. The number of rotatable bonds is 4. The maximum atomic E-state index is 2.38. The molecule has 0 atom stereocenters. The van der Waals surface area contributed by atoms with Crippen LogP contribution in [0.2, 0.25) is 0 Å². The smallest absolute Gasteiger partial charge is 0.0273 e. The molecule has 6 rings (SSSR count). The molecule has 0 saturated heterocycles. The Labute approximate surface area is 210 Å². The molecule has 1 heterocycles. The van der Waals surface area contributed by atoms with E-state index in [1.165, 1.54) is 64.7 Å². The highest BCUT2D eigenvalue weighted by molar-refractivity contribution is 7.12. The highest BCUT2D eigenvalue weighted by Gasteiger charge is 2.13. The lowest BCUT2D eigenvalue weighted by Crippen LogP contribution is -1.92. The summed E-state index contributed by atoms with van der Waals surface area (Å²) in [5.74, 6) is 0. The number of fused-ring (bicyclic) bond motifs is 2. The summed E-state index contributed by atoms with van der Waals surface area (Å²) in [4.78, 5) is 2.61. The van der Waals surface area contributed by atoms with Gasteiger partial charge in [0.1, 0.15) is 0 Å². The zero-order chi connectivity index (χ0) is 23.8. The third-order valence-corrected chi connectivity index (χ3v) is 7.71. The van der Waals surface area contributed by atoms with E-state index >= 15 is 0 Å². The van der Waals surface area contributed by atoms with E-state index in [0.717, 1.165) is 0 Å². The van der Waals surface area contributed by atoms with Gasteiger partial charge >= 0.3 is 0 Å². The largest absolute Gasteiger partial charge is 0.141 e. The molecular formula is C34H26S. The van der Waals surface area contributed by atoms with E-state index in [2.05, 4.69) is 135 Å². The van der Waals surface area contributed by atoms with Crippen molar-refractivity contribution in [2.24, 2.45) is 0 Å². The predicted molar refractivity (Wildman–Crippen MR) is 155 cm³/mol. The van der Waals surface area contributed by atoms with Crippen LogP contribution in [-0.2, 0) is 0 Å². The van der Waals surface area contributed by atoms with Gasteiger partial charge in [-0.1, -0.05) is 97.1 Å². The molecule has 0 unspecified atom stereocenters. The fraction of sp³-hybridized carbons (Fsp3) is 0.0588. The molecule has 1 aromatic heterocycles. The van der Waals surface area contributed by atoms with E-state index in [1.807, 2.05) is 11.3 Å². The standard InChI is InChI=1S/C34H26S/c1-23-21-34(32-16-8-12-26-10-4-6-14-30(26)32)27(18-20-28-19-17-24(2)35-28)22-33(23)31-15-7-11-25-9-3-5-13-29(25)31/h3-22H,1-2H3/b20-18+. The van der Waals surface area contributed by atoms with E-state index in [9.17, 15) is 0 Å². The number of hydrogen-bond acceptors (Lipinski definition) is 1. The van der Waals surface area contributed by atoms with Crippen LogP contribution >= 0.6 is 11.3 Å². The topological polar surface area (TPSA) is 0 Å². The van der Waals surface area contributed by atoms with Gasteiger partial charge < -0.3 is 0 Å². The average Bonchev–Trinajstić information content (AvgIpc) is 3.32. The van der Waals surface area contributed by atoms with Gasteiger partial charge in [-0.15, -0.1) is 11.3 Å². The lowest BCUT2D eigenvalue weighted by atomic mass is 9.88. The average molecular weight is 467 g/mol. The summed E-state index contributed by atoms with van der Waals surface area (Å²) >= 11 is 1.83. The molecule has 0 spiro atoms. The second-order valence-electron chi connectivity index (χ2n) is 9.09. The summed E-state index contributed by atoms with van der Waals surface area (Å²) in [6.45, 7) is 4.40. The predicted octanol–water partition coefficient (Wildman–Crippen LogP) is 10.2. The second kappa shape index (κ2) is 9.02. The van der Waals surface area contributed by atoms with Crippen molar-refractivity contribution >= 4 is 45.0 Å². The summed E-state index contributed by atoms with van der Waals surface area (Å²) in [6, 6.07) is 39.7. The first-order valence-electron chi connectivity index (χ1n) is 12.0. The first-order valence-corrected chi connectivity index (χ1v) is 12.8. The molecule has 6 aromatic rings. The van der Waals surface area contributed by atoms with Crippen molar-refractivity contribution in [2.75, 3.05) is 0 Å². The van der Waals surface area contributed by atoms with Crippen LogP contribution in [0.25, 0.3) is 56.0 Å². The van der Waals surface area contributed by atoms with Crippen molar-refractivity contribution in [3.8, 4) is 22.3 Å². The van der Waals surface area contributed by atoms with Gasteiger partial charge in [0, 0.05) is 9.75 Å². The first kappa shape index (κ1) is 21.6. The maximum absolute atomic E-state index is 2.38. The van der Waals surface area contributed by atoms with Crippen LogP contribution in [0.3, 0.4) is 0 Å². The molecule has 0 aliphatic heterocycles. The highest BCUT2D eigenvalue weighted by Crippen LogP contribution is 2.38. The summed E-state index contributed by atoms with van der Waals surface area (Å²) < 4.78 is 0. The van der Waals surface area contributed by atoms with Crippen LogP contribution in [-0.4, -0.2) is 0 Å². The monoisotopic (exact) mass is 466 g/mol. The number of aryl methyl sites for hydroxylation is 2. The molecule has 0 fully saturated rings. The lowest BCUT2D eigenvalue weighted by Gasteiger charge is -2.16. The summed E-state index contributed by atoms with van der Waals surface area (Å²) in [7, 11) is 0. The van der Waals surface area contributed by atoms with Crippen molar-refractivity contribution in [1.29, 1.82) is 0 Å². The Kier molecular flexibility index (Phi) is 5.56. The number of benzene rings is 5. The van der Waals surface area contributed by atoms with Gasteiger partial charge in [-0.2, -0.15) is 0 Å². The molecule has 0 nitrogen and oxygen atoms in total.